The van der Waals surface area contributed by atoms with Gasteiger partial charge in [0.1, 0.15) is 11.5 Å². The van der Waals surface area contributed by atoms with Crippen molar-refractivity contribution in [2.45, 2.75) is 25.3 Å². The van der Waals surface area contributed by atoms with Crippen molar-refractivity contribution in [1.29, 1.82) is 0 Å². The van der Waals surface area contributed by atoms with Crippen molar-refractivity contribution in [2.24, 2.45) is 0 Å². The lowest BCUT2D eigenvalue weighted by atomic mass is 9.93. The van der Waals surface area contributed by atoms with Crippen LogP contribution in [0.3, 0.4) is 0 Å². The largest absolute Gasteiger partial charge is 0.507 e. The second-order valence-electron chi connectivity index (χ2n) is 8.40. The Morgan fingerprint density at radius 2 is 2.09 bits per heavy atom. The van der Waals surface area contributed by atoms with Crippen molar-refractivity contribution in [3.8, 4) is 5.75 Å². The second-order valence-corrected chi connectivity index (χ2v) is 8.40. The summed E-state index contributed by atoms with van der Waals surface area (Å²) in [6.07, 6.45) is 4.14. The molecular weight excluding hydrogens is 420 g/mol. The maximum Gasteiger partial charge on any atom is 0.295 e. The topological polar surface area (TPSA) is 91.9 Å². The molecule has 33 heavy (non-hydrogen) atoms. The molecule has 5 rings (SSSR count). The van der Waals surface area contributed by atoms with Crippen molar-refractivity contribution in [3.63, 3.8) is 0 Å². The van der Waals surface area contributed by atoms with Gasteiger partial charge in [-0.1, -0.05) is 18.2 Å². The molecule has 1 saturated heterocycles. The number of benzene rings is 2. The number of rotatable bonds is 6. The summed E-state index contributed by atoms with van der Waals surface area (Å²) in [5, 5.41) is 12.3. The number of aryl methyl sites for hydroxylation is 1. The van der Waals surface area contributed by atoms with Crippen LogP contribution in [0.2, 0.25) is 0 Å². The molecule has 0 spiro atoms. The van der Waals surface area contributed by atoms with Crippen molar-refractivity contribution in [3.05, 3.63) is 70.9 Å². The van der Waals surface area contributed by atoms with E-state index in [0.29, 0.717) is 31.7 Å². The van der Waals surface area contributed by atoms with Crippen LogP contribution >= 0.6 is 0 Å². The molecule has 0 aliphatic carbocycles. The molecule has 7 nitrogen and oxygen atoms in total. The summed E-state index contributed by atoms with van der Waals surface area (Å²) in [6, 6.07) is 12.5. The highest BCUT2D eigenvalue weighted by Crippen LogP contribution is 2.42. The summed E-state index contributed by atoms with van der Waals surface area (Å²) in [5.41, 5.74) is 3.30. The van der Waals surface area contributed by atoms with Crippen molar-refractivity contribution in [2.75, 3.05) is 26.9 Å². The molecular formula is C26H26N2O5. The van der Waals surface area contributed by atoms with Crippen LogP contribution in [0.4, 0.5) is 0 Å². The number of aliphatic hydroxyl groups is 1. The lowest BCUT2D eigenvalue weighted by molar-refractivity contribution is -0.140. The highest BCUT2D eigenvalue weighted by Gasteiger charge is 2.46. The molecule has 0 saturated carbocycles. The summed E-state index contributed by atoms with van der Waals surface area (Å²) >= 11 is 0. The Labute approximate surface area is 191 Å². The SMILES string of the molecule is COCCCN1C(=O)C(=O)/C(=C(/O)c2ccc3c(c2)CCCO3)C1c1c[nH]c2ccccc12. The van der Waals surface area contributed by atoms with E-state index in [-0.39, 0.29) is 11.3 Å². The summed E-state index contributed by atoms with van der Waals surface area (Å²) in [4.78, 5) is 31.1. The molecule has 3 aromatic rings. The van der Waals surface area contributed by atoms with Gasteiger partial charge in [-0.3, -0.25) is 9.59 Å². The van der Waals surface area contributed by atoms with Gasteiger partial charge in [0.2, 0.25) is 0 Å². The van der Waals surface area contributed by atoms with E-state index in [2.05, 4.69) is 4.98 Å². The lowest BCUT2D eigenvalue weighted by Crippen LogP contribution is -2.31. The molecule has 2 aromatic carbocycles. The number of ether oxygens (including phenoxy) is 2. The van der Waals surface area contributed by atoms with Crippen molar-refractivity contribution in [1.82, 2.24) is 9.88 Å². The first kappa shape index (κ1) is 21.3. The quantitative estimate of drug-likeness (QED) is 0.259. The first-order valence-corrected chi connectivity index (χ1v) is 11.2. The minimum absolute atomic E-state index is 0.110. The van der Waals surface area contributed by atoms with Crippen LogP contribution in [0.15, 0.2) is 54.2 Å². The number of hydrogen-bond acceptors (Lipinski definition) is 5. The maximum atomic E-state index is 13.2. The van der Waals surface area contributed by atoms with E-state index in [9.17, 15) is 14.7 Å². The Bertz CT molecular complexity index is 1260. The number of aromatic nitrogens is 1. The predicted octanol–water partition coefficient (Wildman–Crippen LogP) is 3.95. The molecule has 2 aliphatic rings. The van der Waals surface area contributed by atoms with Gasteiger partial charge in [0.25, 0.3) is 11.7 Å². The first-order valence-electron chi connectivity index (χ1n) is 11.2. The van der Waals surface area contributed by atoms with Crippen LogP contribution in [0, 0.1) is 0 Å². The van der Waals surface area contributed by atoms with E-state index >= 15 is 0 Å². The van der Waals surface area contributed by atoms with Gasteiger partial charge in [-0.2, -0.15) is 0 Å². The molecule has 3 heterocycles. The summed E-state index contributed by atoms with van der Waals surface area (Å²) in [7, 11) is 1.60. The average molecular weight is 447 g/mol. The Hall–Kier alpha value is -3.58. The number of carbonyl (C=O) groups is 2. The highest BCUT2D eigenvalue weighted by molar-refractivity contribution is 6.46. The van der Waals surface area contributed by atoms with Gasteiger partial charge in [-0.25, -0.2) is 0 Å². The fourth-order valence-corrected chi connectivity index (χ4v) is 4.80. The monoisotopic (exact) mass is 446 g/mol. The number of aliphatic hydroxyl groups excluding tert-OH is 1. The number of likely N-dealkylation sites (tertiary alicyclic amines) is 1. The van der Waals surface area contributed by atoms with Gasteiger partial charge < -0.3 is 24.5 Å². The Morgan fingerprint density at radius 1 is 1.24 bits per heavy atom. The number of para-hydroxylation sites is 1. The summed E-state index contributed by atoms with van der Waals surface area (Å²) in [5.74, 6) is -0.643. The van der Waals surface area contributed by atoms with E-state index in [1.54, 1.807) is 18.1 Å². The fourth-order valence-electron chi connectivity index (χ4n) is 4.80. The smallest absolute Gasteiger partial charge is 0.295 e. The summed E-state index contributed by atoms with van der Waals surface area (Å²) < 4.78 is 10.8. The third-order valence-electron chi connectivity index (χ3n) is 6.39. The predicted molar refractivity (Wildman–Crippen MR) is 124 cm³/mol. The number of carbonyl (C=O) groups excluding carboxylic acids is 2. The molecule has 0 radical (unpaired) electrons. The van der Waals surface area contributed by atoms with E-state index in [1.807, 2.05) is 42.6 Å². The zero-order valence-electron chi connectivity index (χ0n) is 18.5. The minimum atomic E-state index is -0.690. The Balaban J connectivity index is 1.65. The number of fused-ring (bicyclic) bond motifs is 2. The number of nitrogens with zero attached hydrogens (tertiary/aromatic N) is 1. The van der Waals surface area contributed by atoms with E-state index in [4.69, 9.17) is 9.47 Å². The average Bonchev–Trinajstić information content (AvgIpc) is 3.37. The third-order valence-corrected chi connectivity index (χ3v) is 6.39. The number of methoxy groups -OCH3 is 1. The van der Waals surface area contributed by atoms with E-state index in [0.717, 1.165) is 40.6 Å². The van der Waals surface area contributed by atoms with Gasteiger partial charge in [0.15, 0.2) is 0 Å². The lowest BCUT2D eigenvalue weighted by Gasteiger charge is -2.25. The number of aromatic amines is 1. The fraction of sp³-hybridized carbons (Fsp3) is 0.308. The minimum Gasteiger partial charge on any atom is -0.507 e. The molecule has 0 bridgehead atoms. The van der Waals surface area contributed by atoms with Crippen LogP contribution < -0.4 is 4.74 Å². The van der Waals surface area contributed by atoms with Gasteiger partial charge in [0, 0.05) is 48.5 Å². The Kier molecular flexibility index (Phi) is 5.64. The zero-order chi connectivity index (χ0) is 22.9. The molecule has 1 atom stereocenters. The van der Waals surface area contributed by atoms with Gasteiger partial charge in [-0.05, 0) is 49.1 Å². The first-order chi connectivity index (χ1) is 16.1. The molecule has 1 unspecified atom stereocenters. The molecule has 1 fully saturated rings. The van der Waals surface area contributed by atoms with Crippen molar-refractivity contribution >= 4 is 28.4 Å². The van der Waals surface area contributed by atoms with Gasteiger partial charge in [-0.15, -0.1) is 0 Å². The molecule has 2 N–H and O–H groups in total. The van der Waals surface area contributed by atoms with Crippen LogP contribution in [-0.4, -0.2) is 53.5 Å². The zero-order valence-corrected chi connectivity index (χ0v) is 18.5. The van der Waals surface area contributed by atoms with E-state index < -0.39 is 17.7 Å². The normalized spacial score (nSPS) is 19.7. The number of Topliss-reactive ketones (excluding diaryl/α,β-unsaturated/α-hetero) is 1. The highest BCUT2D eigenvalue weighted by atomic mass is 16.5. The van der Waals surface area contributed by atoms with Crippen molar-refractivity contribution < 1.29 is 24.2 Å². The summed E-state index contributed by atoms with van der Waals surface area (Å²) in [6.45, 7) is 1.48. The van der Waals surface area contributed by atoms with Crippen LogP contribution in [0.5, 0.6) is 5.75 Å². The standard InChI is InChI=1S/C26H26N2O5/c1-32-12-5-11-28-23(19-15-27-20-8-3-2-7-18(19)20)22(25(30)26(28)31)24(29)17-9-10-21-16(14-17)6-4-13-33-21/h2-3,7-10,14-15,23,27,29H,4-6,11-13H2,1H3/b24-22+. The third kappa shape index (κ3) is 3.68. The van der Waals surface area contributed by atoms with Crippen LogP contribution in [-0.2, 0) is 20.7 Å². The molecule has 170 valence electrons. The maximum absolute atomic E-state index is 13.2. The number of nitrogens with one attached hydrogen (secondary N) is 1. The van der Waals surface area contributed by atoms with Gasteiger partial charge >= 0.3 is 0 Å². The molecule has 1 amide bonds. The molecule has 1 aromatic heterocycles. The molecule has 2 aliphatic heterocycles. The molecule has 7 heteroatoms. The number of amides is 1. The van der Waals surface area contributed by atoms with Crippen LogP contribution in [0.1, 0.15) is 35.6 Å². The number of hydrogen-bond donors (Lipinski definition) is 2. The van der Waals surface area contributed by atoms with Crippen LogP contribution in [0.25, 0.3) is 16.7 Å². The number of ketones is 1. The van der Waals surface area contributed by atoms with Gasteiger partial charge in [0.05, 0.1) is 18.2 Å². The Morgan fingerprint density at radius 3 is 2.94 bits per heavy atom. The second kappa shape index (κ2) is 8.75. The van der Waals surface area contributed by atoms with E-state index in [1.165, 1.54) is 0 Å². The number of H-pyrrole nitrogens is 1.